The number of aromatic nitrogens is 5. The first-order valence-corrected chi connectivity index (χ1v) is 11.0. The first kappa shape index (κ1) is 22.2. The number of nitrogens with zero attached hydrogens (tertiary/aromatic N) is 4. The lowest BCUT2D eigenvalue weighted by Crippen LogP contribution is -2.35. The van der Waals surface area contributed by atoms with E-state index in [1.54, 1.807) is 35.9 Å². The van der Waals surface area contributed by atoms with E-state index in [1.165, 1.54) is 6.20 Å². The van der Waals surface area contributed by atoms with Crippen molar-refractivity contribution >= 4 is 18.0 Å². The number of rotatable bonds is 4. The normalized spacial score (nSPS) is 17.8. The Morgan fingerprint density at radius 3 is 2.44 bits per heavy atom. The predicted octanol–water partition coefficient (Wildman–Crippen LogP) is 5.77. The molecule has 3 heterocycles. The van der Waals surface area contributed by atoms with E-state index in [1.807, 2.05) is 31.2 Å². The van der Waals surface area contributed by atoms with Crippen molar-refractivity contribution in [3.8, 4) is 22.8 Å². The zero-order valence-electron chi connectivity index (χ0n) is 18.3. The molecule has 0 spiro atoms. The number of fused-ring (bicyclic) bond motifs is 1. The predicted molar refractivity (Wildman–Crippen MR) is 124 cm³/mol. The lowest BCUT2D eigenvalue weighted by Gasteiger charge is -2.34. The minimum atomic E-state index is -4.48. The molecule has 1 aliphatic heterocycles. The number of benzene rings is 2. The summed E-state index contributed by atoms with van der Waals surface area (Å²) in [4.78, 5) is 0. The molecule has 0 saturated carbocycles. The number of alkyl halides is 3. The van der Waals surface area contributed by atoms with Crippen LogP contribution in [0.15, 0.2) is 54.7 Å². The molecule has 2 aromatic heterocycles. The molecular weight excluding hydrogens is 465 g/mol. The van der Waals surface area contributed by atoms with Crippen molar-refractivity contribution in [2.24, 2.45) is 0 Å². The van der Waals surface area contributed by atoms with Crippen LogP contribution in [0.4, 0.5) is 19.0 Å². The quantitative estimate of drug-likeness (QED) is 0.358. The lowest BCUT2D eigenvalue weighted by molar-refractivity contribution is -0.173. The number of methoxy groups -OCH3 is 1. The summed E-state index contributed by atoms with van der Waals surface area (Å²) >= 11 is 5.43. The third-order valence-electron chi connectivity index (χ3n) is 5.96. The Balaban J connectivity index is 1.62. The molecule has 0 saturated heterocycles. The van der Waals surface area contributed by atoms with Crippen LogP contribution in [0.5, 0.6) is 5.75 Å². The highest BCUT2D eigenvalue weighted by molar-refractivity contribution is 7.71. The topological polar surface area (TPSA) is 72.7 Å². The van der Waals surface area contributed by atoms with E-state index in [2.05, 4.69) is 20.6 Å². The van der Waals surface area contributed by atoms with Crippen LogP contribution < -0.4 is 10.1 Å². The van der Waals surface area contributed by atoms with Crippen molar-refractivity contribution in [3.05, 3.63) is 70.6 Å². The molecule has 0 aliphatic carbocycles. The van der Waals surface area contributed by atoms with Crippen LogP contribution in [0, 0.1) is 11.7 Å². The van der Waals surface area contributed by atoms with E-state index in [9.17, 15) is 13.2 Å². The zero-order chi connectivity index (χ0) is 24.0. The lowest BCUT2D eigenvalue weighted by atomic mass is 9.96. The molecule has 34 heavy (non-hydrogen) atoms. The van der Waals surface area contributed by atoms with Crippen LogP contribution in [0.3, 0.4) is 0 Å². The number of aromatic amines is 1. The molecule has 2 aromatic carbocycles. The molecule has 0 fully saturated rings. The van der Waals surface area contributed by atoms with Crippen LogP contribution in [-0.2, 0) is 0 Å². The third kappa shape index (κ3) is 3.85. The fraction of sp³-hybridized carbons (Fsp3) is 0.261. The largest absolute Gasteiger partial charge is 0.497 e. The number of ether oxygens (including phenoxy) is 1. The van der Waals surface area contributed by atoms with Gasteiger partial charge in [-0.2, -0.15) is 23.4 Å². The standard InChI is InChI=1S/C23H21F3N6OS/c1-13-3-7-15(8-4-13)31-21(29-30-22(31)34)17-12-27-32-19(23(24,25)26)11-18(28-20(17)32)14-5-9-16(33-2)10-6-14/h3-10,12,18-19,28H,11H2,1-2H3,(H,30,34). The minimum Gasteiger partial charge on any atom is -0.497 e. The Bertz CT molecular complexity index is 1370. The molecule has 2 atom stereocenters. The maximum absolute atomic E-state index is 14.1. The van der Waals surface area contributed by atoms with E-state index >= 15 is 0 Å². The van der Waals surface area contributed by atoms with E-state index < -0.39 is 18.3 Å². The Hall–Kier alpha value is -3.60. The highest BCUT2D eigenvalue weighted by atomic mass is 32.1. The van der Waals surface area contributed by atoms with Crippen LogP contribution in [0.2, 0.25) is 0 Å². The Morgan fingerprint density at radius 2 is 1.79 bits per heavy atom. The van der Waals surface area contributed by atoms with E-state index in [4.69, 9.17) is 17.0 Å². The maximum atomic E-state index is 14.1. The molecule has 176 valence electrons. The molecule has 5 rings (SSSR count). The van der Waals surface area contributed by atoms with Crippen molar-refractivity contribution in [2.75, 3.05) is 12.4 Å². The number of nitrogens with one attached hydrogen (secondary N) is 2. The first-order valence-electron chi connectivity index (χ1n) is 10.6. The number of anilines is 1. The second-order valence-corrected chi connectivity index (χ2v) is 8.52. The monoisotopic (exact) mass is 486 g/mol. The summed E-state index contributed by atoms with van der Waals surface area (Å²) < 4.78 is 50.4. The molecule has 2 N–H and O–H groups in total. The molecule has 1 aliphatic rings. The van der Waals surface area contributed by atoms with Crippen molar-refractivity contribution in [1.82, 2.24) is 24.5 Å². The summed E-state index contributed by atoms with van der Waals surface area (Å²) in [6.45, 7) is 1.97. The van der Waals surface area contributed by atoms with Crippen molar-refractivity contribution in [1.29, 1.82) is 0 Å². The van der Waals surface area contributed by atoms with Gasteiger partial charge in [-0.15, -0.1) is 0 Å². The number of aryl methyl sites for hydroxylation is 1. The van der Waals surface area contributed by atoms with Crippen LogP contribution >= 0.6 is 12.2 Å². The smallest absolute Gasteiger partial charge is 0.410 e. The maximum Gasteiger partial charge on any atom is 0.410 e. The number of halogens is 3. The molecular formula is C23H21F3N6OS. The highest BCUT2D eigenvalue weighted by Gasteiger charge is 2.47. The van der Waals surface area contributed by atoms with Gasteiger partial charge < -0.3 is 10.1 Å². The molecule has 7 nitrogen and oxygen atoms in total. The summed E-state index contributed by atoms with van der Waals surface area (Å²) in [5.41, 5.74) is 2.95. The van der Waals surface area contributed by atoms with Crippen LogP contribution in [0.25, 0.3) is 17.1 Å². The molecule has 0 bridgehead atoms. The van der Waals surface area contributed by atoms with Crippen LogP contribution in [-0.4, -0.2) is 37.8 Å². The average Bonchev–Trinajstić information content (AvgIpc) is 3.41. The molecule has 4 aromatic rings. The second kappa shape index (κ2) is 8.32. The Morgan fingerprint density at radius 1 is 1.09 bits per heavy atom. The molecule has 0 radical (unpaired) electrons. The van der Waals surface area contributed by atoms with Gasteiger partial charge in [0.05, 0.1) is 24.9 Å². The van der Waals surface area contributed by atoms with Gasteiger partial charge in [-0.05, 0) is 49.0 Å². The fourth-order valence-electron chi connectivity index (χ4n) is 4.19. The summed E-state index contributed by atoms with van der Waals surface area (Å²) in [6.07, 6.45) is -3.28. The van der Waals surface area contributed by atoms with Gasteiger partial charge in [0, 0.05) is 12.1 Å². The van der Waals surface area contributed by atoms with Crippen molar-refractivity contribution < 1.29 is 17.9 Å². The Labute approximate surface area is 198 Å². The summed E-state index contributed by atoms with van der Waals surface area (Å²) in [5, 5.41) is 14.4. The average molecular weight is 487 g/mol. The number of hydrogen-bond acceptors (Lipinski definition) is 5. The van der Waals surface area contributed by atoms with Crippen molar-refractivity contribution in [3.63, 3.8) is 0 Å². The highest BCUT2D eigenvalue weighted by Crippen LogP contribution is 2.46. The van der Waals surface area contributed by atoms with E-state index in [0.29, 0.717) is 27.5 Å². The van der Waals surface area contributed by atoms with Gasteiger partial charge in [0.1, 0.15) is 11.6 Å². The van der Waals surface area contributed by atoms with Gasteiger partial charge in [-0.1, -0.05) is 29.8 Å². The van der Waals surface area contributed by atoms with Gasteiger partial charge in [-0.25, -0.2) is 4.68 Å². The first-order chi connectivity index (χ1) is 16.3. The van der Waals surface area contributed by atoms with E-state index in [-0.39, 0.29) is 12.2 Å². The molecule has 11 heteroatoms. The third-order valence-corrected chi connectivity index (χ3v) is 6.24. The SMILES string of the molecule is COc1ccc(C2CC(C(F)(F)F)n3ncc(-c4n[nH]c(=S)n4-c4ccc(C)cc4)c3N2)cc1. The van der Waals surface area contributed by atoms with Gasteiger partial charge in [-0.3, -0.25) is 9.67 Å². The fourth-order valence-corrected chi connectivity index (χ4v) is 4.43. The molecule has 2 unspecified atom stereocenters. The van der Waals surface area contributed by atoms with E-state index in [0.717, 1.165) is 15.9 Å². The van der Waals surface area contributed by atoms with Gasteiger partial charge >= 0.3 is 6.18 Å². The van der Waals surface area contributed by atoms with Crippen LogP contribution in [0.1, 0.15) is 29.6 Å². The zero-order valence-corrected chi connectivity index (χ0v) is 19.1. The van der Waals surface area contributed by atoms with Gasteiger partial charge in [0.25, 0.3) is 0 Å². The van der Waals surface area contributed by atoms with Crippen molar-refractivity contribution in [2.45, 2.75) is 31.6 Å². The summed E-state index contributed by atoms with van der Waals surface area (Å²) in [5.74, 6) is 1.24. The minimum absolute atomic E-state index is 0.200. The number of H-pyrrole nitrogens is 1. The second-order valence-electron chi connectivity index (χ2n) is 8.14. The Kier molecular flexibility index (Phi) is 5.43. The summed E-state index contributed by atoms with van der Waals surface area (Å²) in [7, 11) is 1.54. The van der Waals surface area contributed by atoms with Gasteiger partial charge in [0.2, 0.25) is 0 Å². The number of hydrogen-bond donors (Lipinski definition) is 2. The molecule has 0 amide bonds. The van der Waals surface area contributed by atoms with Gasteiger partial charge in [0.15, 0.2) is 16.6 Å². The summed E-state index contributed by atoms with van der Waals surface area (Å²) in [6, 6.07) is 12.2.